The van der Waals surface area contributed by atoms with Crippen molar-refractivity contribution in [2.75, 3.05) is 18.0 Å². The number of halogens is 1. The van der Waals surface area contributed by atoms with Gasteiger partial charge in [0, 0.05) is 23.3 Å². The van der Waals surface area contributed by atoms with Gasteiger partial charge in [-0.05, 0) is 54.4 Å². The Morgan fingerprint density at radius 3 is 2.39 bits per heavy atom. The van der Waals surface area contributed by atoms with Crippen molar-refractivity contribution in [3.05, 3.63) is 119 Å². The van der Waals surface area contributed by atoms with E-state index in [0.29, 0.717) is 17.1 Å². The van der Waals surface area contributed by atoms with Crippen molar-refractivity contribution in [1.29, 1.82) is 0 Å². The van der Waals surface area contributed by atoms with Crippen LogP contribution in [-0.4, -0.2) is 34.4 Å². The first-order valence-electron chi connectivity index (χ1n) is 12.3. The average molecular weight is 498 g/mol. The zero-order valence-corrected chi connectivity index (χ0v) is 20.9. The number of aromatic nitrogens is 1. The van der Waals surface area contributed by atoms with E-state index in [2.05, 4.69) is 17.6 Å². The molecule has 1 aromatic heterocycles. The van der Waals surface area contributed by atoms with Crippen LogP contribution in [0.1, 0.15) is 47.4 Å². The number of hydrogen-bond donors (Lipinski definition) is 0. The minimum atomic E-state index is -0.308. The van der Waals surface area contributed by atoms with Gasteiger partial charge in [0.25, 0.3) is 5.91 Å². The Morgan fingerprint density at radius 2 is 1.64 bits per heavy atom. The van der Waals surface area contributed by atoms with Gasteiger partial charge in [0.1, 0.15) is 12.6 Å². The van der Waals surface area contributed by atoms with Gasteiger partial charge in [0.2, 0.25) is 5.91 Å². The first-order valence-corrected chi connectivity index (χ1v) is 12.6. The van der Waals surface area contributed by atoms with Crippen LogP contribution in [0, 0.1) is 0 Å². The van der Waals surface area contributed by atoms with Crippen molar-refractivity contribution in [2.45, 2.75) is 25.8 Å². The summed E-state index contributed by atoms with van der Waals surface area (Å²) in [7, 11) is 0. The number of nitrogens with zero attached hydrogens (tertiary/aromatic N) is 3. The molecule has 1 aliphatic rings. The summed E-state index contributed by atoms with van der Waals surface area (Å²) in [5.41, 5.74) is 4.28. The van der Waals surface area contributed by atoms with Crippen molar-refractivity contribution < 1.29 is 9.59 Å². The molecule has 3 aromatic carbocycles. The molecular formula is C30H28ClN3O2. The lowest BCUT2D eigenvalue weighted by Crippen LogP contribution is -2.47. The molecule has 0 bridgehead atoms. The van der Waals surface area contributed by atoms with Crippen LogP contribution in [0.5, 0.6) is 0 Å². The topological polar surface area (TPSA) is 45.6 Å². The van der Waals surface area contributed by atoms with Crippen molar-refractivity contribution in [3.63, 3.8) is 0 Å². The lowest BCUT2D eigenvalue weighted by Gasteiger charge is -2.39. The summed E-state index contributed by atoms with van der Waals surface area (Å²) in [4.78, 5) is 31.1. The first-order chi connectivity index (χ1) is 17.6. The van der Waals surface area contributed by atoms with Crippen LogP contribution in [0.25, 0.3) is 5.69 Å². The molecule has 0 fully saturated rings. The van der Waals surface area contributed by atoms with E-state index in [1.165, 1.54) is 0 Å². The maximum absolute atomic E-state index is 14.1. The molecule has 6 heteroatoms. The second kappa shape index (κ2) is 10.4. The molecule has 0 aliphatic carbocycles. The van der Waals surface area contributed by atoms with Crippen LogP contribution in [0.4, 0.5) is 5.69 Å². The maximum Gasteiger partial charge on any atom is 0.254 e. The standard InChI is InChI=1S/C30H28ClN3O2/c1-2-3-18-32(30(36)23-13-9-14-24(31)20-23)21-28(35)34-26-16-8-7-15-25(26)33-19-10-17-27(33)29(34)22-11-5-4-6-12-22/h4-17,19-20,29H,2-3,18,21H2,1H3. The fourth-order valence-electron chi connectivity index (χ4n) is 4.86. The number of fused-ring (bicyclic) bond motifs is 3. The van der Waals surface area contributed by atoms with E-state index in [9.17, 15) is 9.59 Å². The van der Waals surface area contributed by atoms with Crippen molar-refractivity contribution >= 4 is 29.1 Å². The Bertz CT molecular complexity index is 1380. The monoisotopic (exact) mass is 497 g/mol. The number of rotatable bonds is 7. The molecule has 182 valence electrons. The molecule has 36 heavy (non-hydrogen) atoms. The van der Waals surface area contributed by atoms with Crippen molar-refractivity contribution in [3.8, 4) is 5.69 Å². The molecule has 0 radical (unpaired) electrons. The van der Waals surface area contributed by atoms with E-state index >= 15 is 0 Å². The molecule has 0 saturated heterocycles. The summed E-state index contributed by atoms with van der Waals surface area (Å²) in [6.45, 7) is 2.55. The number of unbranched alkanes of at least 4 members (excludes halogenated alkanes) is 1. The molecule has 5 nitrogen and oxygen atoms in total. The van der Waals surface area contributed by atoms with Crippen LogP contribution in [0.15, 0.2) is 97.2 Å². The fraction of sp³-hybridized carbons (Fsp3) is 0.200. The Labute approximate surface area is 216 Å². The zero-order valence-electron chi connectivity index (χ0n) is 20.2. The van der Waals surface area contributed by atoms with Gasteiger partial charge in [-0.25, -0.2) is 0 Å². The number of amides is 2. The number of para-hydroxylation sites is 2. The zero-order chi connectivity index (χ0) is 25.1. The third-order valence-corrected chi connectivity index (χ3v) is 6.81. The molecule has 5 rings (SSSR count). The van der Waals surface area contributed by atoms with Crippen LogP contribution in [0.3, 0.4) is 0 Å². The second-order valence-corrected chi connectivity index (χ2v) is 9.40. The number of anilines is 1. The third-order valence-electron chi connectivity index (χ3n) is 6.57. The SMILES string of the molecule is CCCCN(CC(=O)N1c2ccccc2-n2cccc2C1c1ccccc1)C(=O)c1cccc(Cl)c1. The summed E-state index contributed by atoms with van der Waals surface area (Å²) in [6.07, 6.45) is 3.75. The number of carbonyl (C=O) groups is 2. The van der Waals surface area contributed by atoms with Crippen LogP contribution >= 0.6 is 11.6 Å². The van der Waals surface area contributed by atoms with E-state index < -0.39 is 0 Å². The highest BCUT2D eigenvalue weighted by Crippen LogP contribution is 2.42. The first kappa shape index (κ1) is 23.9. The minimum Gasteiger partial charge on any atom is -0.329 e. The predicted molar refractivity (Wildman–Crippen MR) is 144 cm³/mol. The molecule has 2 amide bonds. The molecule has 0 N–H and O–H groups in total. The lowest BCUT2D eigenvalue weighted by molar-refractivity contribution is -0.119. The summed E-state index contributed by atoms with van der Waals surface area (Å²) in [5.74, 6) is -0.320. The number of benzene rings is 3. The molecule has 0 spiro atoms. The van der Waals surface area contributed by atoms with Gasteiger partial charge in [0.05, 0.1) is 17.1 Å². The summed E-state index contributed by atoms with van der Waals surface area (Å²) >= 11 is 6.16. The Balaban J connectivity index is 1.55. The molecule has 1 aliphatic heterocycles. The van der Waals surface area contributed by atoms with Crippen LogP contribution in [-0.2, 0) is 4.79 Å². The van der Waals surface area contributed by atoms with Gasteiger partial charge in [-0.15, -0.1) is 0 Å². The highest BCUT2D eigenvalue weighted by atomic mass is 35.5. The van der Waals surface area contributed by atoms with Crippen LogP contribution < -0.4 is 4.90 Å². The van der Waals surface area contributed by atoms with Gasteiger partial charge in [-0.2, -0.15) is 0 Å². The molecule has 0 saturated carbocycles. The van der Waals surface area contributed by atoms with Gasteiger partial charge in [-0.3, -0.25) is 14.5 Å². The fourth-order valence-corrected chi connectivity index (χ4v) is 5.05. The molecule has 4 aromatic rings. The summed E-state index contributed by atoms with van der Waals surface area (Å²) < 4.78 is 2.14. The smallest absolute Gasteiger partial charge is 0.254 e. The van der Waals surface area contributed by atoms with E-state index in [1.807, 2.05) is 71.8 Å². The lowest BCUT2D eigenvalue weighted by atomic mass is 9.97. The summed E-state index contributed by atoms with van der Waals surface area (Å²) in [5, 5.41) is 0.498. The highest BCUT2D eigenvalue weighted by molar-refractivity contribution is 6.31. The molecule has 1 unspecified atom stereocenters. The van der Waals surface area contributed by atoms with E-state index in [4.69, 9.17) is 11.6 Å². The minimum absolute atomic E-state index is 0.0241. The number of hydrogen-bond acceptors (Lipinski definition) is 2. The third kappa shape index (κ3) is 4.54. The van der Waals surface area contributed by atoms with E-state index in [-0.39, 0.29) is 24.4 Å². The van der Waals surface area contributed by atoms with Crippen molar-refractivity contribution in [2.24, 2.45) is 0 Å². The second-order valence-electron chi connectivity index (χ2n) is 8.96. The largest absolute Gasteiger partial charge is 0.329 e. The molecule has 2 heterocycles. The molecular weight excluding hydrogens is 470 g/mol. The Hall–Kier alpha value is -3.83. The number of carbonyl (C=O) groups excluding carboxylic acids is 2. The van der Waals surface area contributed by atoms with Crippen molar-refractivity contribution in [1.82, 2.24) is 9.47 Å². The Morgan fingerprint density at radius 1 is 0.889 bits per heavy atom. The quantitative estimate of drug-likeness (QED) is 0.292. The normalized spacial score (nSPS) is 14.2. The van der Waals surface area contributed by atoms with Gasteiger partial charge in [-0.1, -0.05) is 73.5 Å². The maximum atomic E-state index is 14.1. The summed E-state index contributed by atoms with van der Waals surface area (Å²) in [6, 6.07) is 28.6. The van der Waals surface area contributed by atoms with E-state index in [1.54, 1.807) is 29.2 Å². The highest BCUT2D eigenvalue weighted by Gasteiger charge is 2.36. The van der Waals surface area contributed by atoms with Crippen LogP contribution in [0.2, 0.25) is 5.02 Å². The van der Waals surface area contributed by atoms with Gasteiger partial charge < -0.3 is 9.47 Å². The Kier molecular flexibility index (Phi) is 6.92. The van der Waals surface area contributed by atoms with Gasteiger partial charge in [0.15, 0.2) is 0 Å². The predicted octanol–water partition coefficient (Wildman–Crippen LogP) is 6.51. The molecule has 1 atom stereocenters. The van der Waals surface area contributed by atoms with E-state index in [0.717, 1.165) is 35.5 Å². The average Bonchev–Trinajstić information content (AvgIpc) is 3.40. The van der Waals surface area contributed by atoms with Gasteiger partial charge >= 0.3 is 0 Å².